The van der Waals surface area contributed by atoms with Gasteiger partial charge in [-0.3, -0.25) is 0 Å². The molecular formula is C6H14ISi. The Bertz CT molecular complexity index is 47.8. The van der Waals surface area contributed by atoms with Crippen molar-refractivity contribution in [3.8, 4) is 0 Å². The van der Waals surface area contributed by atoms with E-state index in [2.05, 4.69) is 35.6 Å². The van der Waals surface area contributed by atoms with Crippen molar-refractivity contribution in [2.24, 2.45) is 0 Å². The number of hydrogen-bond acceptors (Lipinski definition) is 0. The lowest BCUT2D eigenvalue weighted by atomic mass is 10.4. The van der Waals surface area contributed by atoms with Crippen LogP contribution in [0.4, 0.5) is 0 Å². The molecule has 0 aromatic carbocycles. The minimum absolute atomic E-state index is 0.0784. The lowest BCUT2D eigenvalue weighted by Crippen LogP contribution is -1.97. The van der Waals surface area contributed by atoms with E-state index in [1.54, 1.807) is 0 Å². The topological polar surface area (TPSA) is 0 Å². The summed E-state index contributed by atoms with van der Waals surface area (Å²) in [6.07, 6.45) is 2.90. The molecule has 49 valence electrons. The molecule has 0 saturated heterocycles. The highest BCUT2D eigenvalue weighted by atomic mass is 127. The van der Waals surface area contributed by atoms with Crippen molar-refractivity contribution in [3.63, 3.8) is 0 Å². The van der Waals surface area contributed by atoms with Gasteiger partial charge in [-0.1, -0.05) is 32.7 Å². The van der Waals surface area contributed by atoms with Crippen LogP contribution in [0, 0.1) is 0 Å². The fourth-order valence-electron chi connectivity index (χ4n) is 0.545. The van der Waals surface area contributed by atoms with Crippen LogP contribution >= 0.6 is 21.8 Å². The van der Waals surface area contributed by atoms with Gasteiger partial charge < -0.3 is 0 Å². The average molecular weight is 241 g/mol. The van der Waals surface area contributed by atoms with Crippen LogP contribution in [0.2, 0.25) is 12.1 Å². The first-order chi connectivity index (χ1) is 3.81. The van der Waals surface area contributed by atoms with Crippen molar-refractivity contribution in [3.05, 3.63) is 0 Å². The van der Waals surface area contributed by atoms with Gasteiger partial charge >= 0.3 is 0 Å². The van der Waals surface area contributed by atoms with E-state index in [1.807, 2.05) is 0 Å². The fraction of sp³-hybridized carbons (Fsp3) is 1.00. The molecule has 0 unspecified atom stereocenters. The Balaban J connectivity index is 2.86. The molecule has 0 rings (SSSR count). The molecule has 0 nitrogen and oxygen atoms in total. The van der Waals surface area contributed by atoms with Gasteiger partial charge in [0.2, 0.25) is 0 Å². The summed E-state index contributed by atoms with van der Waals surface area (Å²) in [6, 6.07) is 2.95. The van der Waals surface area contributed by atoms with Crippen LogP contribution in [-0.2, 0) is 0 Å². The minimum atomic E-state index is 0.0784. The Hall–Kier alpha value is 0.947. The molecule has 1 radical (unpaired) electrons. The molecule has 0 saturated carbocycles. The Labute approximate surface area is 66.9 Å². The quantitative estimate of drug-likeness (QED) is 0.402. The van der Waals surface area contributed by atoms with Crippen LogP contribution in [0.15, 0.2) is 0 Å². The zero-order valence-corrected chi connectivity index (χ0v) is 8.86. The highest BCUT2D eigenvalue weighted by Crippen LogP contribution is 2.10. The van der Waals surface area contributed by atoms with Gasteiger partial charge in [-0.15, -0.1) is 21.8 Å². The first-order valence-electron chi connectivity index (χ1n) is 3.31. The molecule has 0 atom stereocenters. The first-order valence-corrected chi connectivity index (χ1v) is 8.34. The predicted molar refractivity (Wildman–Crippen MR) is 50.0 cm³/mol. The van der Waals surface area contributed by atoms with E-state index >= 15 is 0 Å². The largest absolute Gasteiger partial charge is 0.129 e. The summed E-state index contributed by atoms with van der Waals surface area (Å²) >= 11 is 2.63. The van der Waals surface area contributed by atoms with E-state index in [0.29, 0.717) is 0 Å². The monoisotopic (exact) mass is 241 g/mol. The summed E-state index contributed by atoms with van der Waals surface area (Å²) in [5.41, 5.74) is 0. The normalized spacial score (nSPS) is 10.5. The van der Waals surface area contributed by atoms with Crippen molar-refractivity contribution in [2.75, 3.05) is 0 Å². The molecule has 8 heavy (non-hydrogen) atoms. The van der Waals surface area contributed by atoms with Crippen molar-refractivity contribution in [2.45, 2.75) is 38.8 Å². The molecule has 0 aliphatic heterocycles. The molecule has 0 fully saturated rings. The van der Waals surface area contributed by atoms with Gasteiger partial charge in [-0.05, 0) is 6.04 Å². The molecule has 2 heteroatoms. The number of hydrogen-bond donors (Lipinski definition) is 0. The summed E-state index contributed by atoms with van der Waals surface area (Å²) in [6.45, 7) is 4.57. The minimum Gasteiger partial charge on any atom is -0.121 e. The number of unbranched alkanes of at least 4 members (excludes halogenated alkanes) is 1. The summed E-state index contributed by atoms with van der Waals surface area (Å²) in [5, 5.41) is 0. The lowest BCUT2D eigenvalue weighted by molar-refractivity contribution is 0.877. The third-order valence-electron chi connectivity index (χ3n) is 1.19. The molecule has 0 amide bonds. The summed E-state index contributed by atoms with van der Waals surface area (Å²) in [5.74, 6) is 0. The molecule has 0 spiro atoms. The first kappa shape index (κ1) is 8.95. The SMILES string of the molecule is CCCC[Si](I)CC. The van der Waals surface area contributed by atoms with Crippen LogP contribution in [-0.4, -0.2) is 6.29 Å². The second kappa shape index (κ2) is 6.07. The zero-order valence-electron chi connectivity index (χ0n) is 5.71. The fourth-order valence-corrected chi connectivity index (χ4v) is 2.78. The highest BCUT2D eigenvalue weighted by molar-refractivity contribution is 14.1. The van der Waals surface area contributed by atoms with E-state index in [4.69, 9.17) is 0 Å². The van der Waals surface area contributed by atoms with Crippen LogP contribution in [0.1, 0.15) is 26.7 Å². The zero-order chi connectivity index (χ0) is 6.41. The maximum Gasteiger partial charge on any atom is 0.129 e. The highest BCUT2D eigenvalue weighted by Gasteiger charge is 2.00. The van der Waals surface area contributed by atoms with Crippen LogP contribution in [0.3, 0.4) is 0 Å². The van der Waals surface area contributed by atoms with Crippen molar-refractivity contribution >= 4 is 28.1 Å². The van der Waals surface area contributed by atoms with Gasteiger partial charge in [-0.25, -0.2) is 0 Å². The Morgan fingerprint density at radius 1 is 1.38 bits per heavy atom. The van der Waals surface area contributed by atoms with Crippen molar-refractivity contribution in [1.29, 1.82) is 0 Å². The molecule has 0 aromatic heterocycles. The molecule has 0 N–H and O–H groups in total. The van der Waals surface area contributed by atoms with Crippen LogP contribution in [0.5, 0.6) is 0 Å². The molecular weight excluding hydrogens is 227 g/mol. The van der Waals surface area contributed by atoms with E-state index in [0.717, 1.165) is 0 Å². The van der Waals surface area contributed by atoms with E-state index in [9.17, 15) is 0 Å². The van der Waals surface area contributed by atoms with Gasteiger partial charge in [0, 0.05) is 0 Å². The maximum atomic E-state index is 2.63. The third-order valence-corrected chi connectivity index (χ3v) is 6.76. The summed E-state index contributed by atoms with van der Waals surface area (Å²) in [7, 11) is 0. The number of rotatable bonds is 4. The smallest absolute Gasteiger partial charge is 0.121 e. The predicted octanol–water partition coefficient (Wildman–Crippen LogP) is 3.23. The Kier molecular flexibility index (Phi) is 6.79. The second-order valence-corrected chi connectivity index (χ2v) is 8.79. The summed E-state index contributed by atoms with van der Waals surface area (Å²) < 4.78 is 0. The lowest BCUT2D eigenvalue weighted by Gasteiger charge is -1.99. The summed E-state index contributed by atoms with van der Waals surface area (Å²) in [4.78, 5) is 0. The molecule has 0 aromatic rings. The van der Waals surface area contributed by atoms with Crippen LogP contribution in [0.25, 0.3) is 0 Å². The van der Waals surface area contributed by atoms with Crippen molar-refractivity contribution < 1.29 is 0 Å². The molecule has 0 aliphatic carbocycles. The van der Waals surface area contributed by atoms with Gasteiger partial charge in [0.15, 0.2) is 0 Å². The molecule has 0 bridgehead atoms. The second-order valence-electron chi connectivity index (χ2n) is 1.97. The van der Waals surface area contributed by atoms with Gasteiger partial charge in [0.05, 0.1) is 0 Å². The van der Waals surface area contributed by atoms with E-state index < -0.39 is 0 Å². The average Bonchev–Trinajstić information content (AvgIpc) is 1.83. The van der Waals surface area contributed by atoms with Gasteiger partial charge in [-0.2, -0.15) is 0 Å². The van der Waals surface area contributed by atoms with E-state index in [1.165, 1.54) is 24.9 Å². The van der Waals surface area contributed by atoms with Gasteiger partial charge in [0.1, 0.15) is 6.29 Å². The number of halogens is 1. The van der Waals surface area contributed by atoms with Crippen LogP contribution < -0.4 is 0 Å². The molecule has 0 heterocycles. The maximum absolute atomic E-state index is 2.63. The van der Waals surface area contributed by atoms with E-state index in [-0.39, 0.29) is 6.29 Å². The van der Waals surface area contributed by atoms with Gasteiger partial charge in [0.25, 0.3) is 0 Å². The standard InChI is InChI=1S/C6H14ISi/c1-3-5-6-8(7)4-2/h3-6H2,1-2H3. The Morgan fingerprint density at radius 3 is 2.38 bits per heavy atom. The molecule has 0 aliphatic rings. The van der Waals surface area contributed by atoms with Crippen molar-refractivity contribution in [1.82, 2.24) is 0 Å². The Morgan fingerprint density at radius 2 is 2.00 bits per heavy atom. The third kappa shape index (κ3) is 5.09.